The quantitative estimate of drug-likeness (QED) is 0.386. The number of primary amides is 1. The predicted molar refractivity (Wildman–Crippen MR) is 95.7 cm³/mol. The van der Waals surface area contributed by atoms with Crippen molar-refractivity contribution in [1.29, 1.82) is 0 Å². The van der Waals surface area contributed by atoms with Crippen LogP contribution in [0.5, 0.6) is 0 Å². The lowest BCUT2D eigenvalue weighted by atomic mass is 10.1. The van der Waals surface area contributed by atoms with Crippen molar-refractivity contribution >= 4 is 35.3 Å². The summed E-state index contributed by atoms with van der Waals surface area (Å²) in [5, 5.41) is 9.12. The van der Waals surface area contributed by atoms with E-state index in [-0.39, 0.29) is 0 Å². The fraction of sp³-hybridized carbons (Fsp3) is 0.176. The van der Waals surface area contributed by atoms with Crippen LogP contribution in [0.25, 0.3) is 0 Å². The Labute approximate surface area is 144 Å². The predicted octanol–water partition coefficient (Wildman–Crippen LogP) is 2.51. The summed E-state index contributed by atoms with van der Waals surface area (Å²) in [6.45, 7) is 0.461. The van der Waals surface area contributed by atoms with Crippen LogP contribution in [0.2, 0.25) is 0 Å². The molecule has 7 heteroatoms. The van der Waals surface area contributed by atoms with E-state index < -0.39 is 5.91 Å². The maximum atomic E-state index is 11.6. The van der Waals surface area contributed by atoms with Crippen molar-refractivity contribution in [3.05, 3.63) is 53.6 Å². The molecule has 1 amide bonds. The first kappa shape index (κ1) is 17.8. The van der Waals surface area contributed by atoms with Crippen LogP contribution in [0.1, 0.15) is 15.9 Å². The Balaban J connectivity index is 2.33. The third-order valence-corrected chi connectivity index (χ3v) is 4.46. The molecular weight excluding hydrogens is 326 g/mol. The van der Waals surface area contributed by atoms with E-state index in [4.69, 9.17) is 10.9 Å². The van der Waals surface area contributed by atoms with Gasteiger partial charge in [0.25, 0.3) is 0 Å². The van der Waals surface area contributed by atoms with Crippen LogP contribution in [0.15, 0.2) is 47.4 Å². The number of carbonyl (C=O) groups is 2. The Bertz CT molecular complexity index is 737. The number of nitrogens with two attached hydrogens (primary N) is 1. The monoisotopic (exact) mass is 345 g/mol. The molecule has 0 aliphatic rings. The molecule has 0 aliphatic heterocycles. The summed E-state index contributed by atoms with van der Waals surface area (Å²) in [5.74, 6) is -0.134. The molecule has 0 spiro atoms. The smallest absolute Gasteiger partial charge is 0.249 e. The molecule has 0 heterocycles. The van der Waals surface area contributed by atoms with Crippen LogP contribution < -0.4 is 16.1 Å². The number of amides is 1. The summed E-state index contributed by atoms with van der Waals surface area (Å²) < 4.78 is 0. The SMILES string of the molecule is CN(Cc1ccccc1C(N)=O)c1cc(NO)ccc1SCC=O. The number of nitrogens with one attached hydrogen (secondary N) is 1. The number of thioether (sulfide) groups is 1. The molecule has 6 nitrogen and oxygen atoms in total. The van der Waals surface area contributed by atoms with Gasteiger partial charge in [-0.3, -0.25) is 15.5 Å². The Hall–Kier alpha value is -2.51. The van der Waals surface area contributed by atoms with E-state index in [0.29, 0.717) is 23.5 Å². The van der Waals surface area contributed by atoms with Crippen molar-refractivity contribution in [2.75, 3.05) is 23.2 Å². The average molecular weight is 345 g/mol. The fourth-order valence-corrected chi connectivity index (χ4v) is 3.14. The zero-order chi connectivity index (χ0) is 17.5. The molecule has 4 N–H and O–H groups in total. The zero-order valence-corrected chi connectivity index (χ0v) is 14.0. The lowest BCUT2D eigenvalue weighted by Gasteiger charge is -2.23. The average Bonchev–Trinajstić information content (AvgIpc) is 2.60. The molecule has 0 bridgehead atoms. The summed E-state index contributed by atoms with van der Waals surface area (Å²) in [5.41, 5.74) is 10.2. The molecule has 0 saturated carbocycles. The fourth-order valence-electron chi connectivity index (χ4n) is 2.37. The Morgan fingerprint density at radius 2 is 2.08 bits per heavy atom. The molecule has 0 radical (unpaired) electrons. The van der Waals surface area contributed by atoms with E-state index in [2.05, 4.69) is 5.48 Å². The second-order valence-corrected chi connectivity index (χ2v) is 6.21. The van der Waals surface area contributed by atoms with Gasteiger partial charge in [-0.15, -0.1) is 11.8 Å². The van der Waals surface area contributed by atoms with Crippen LogP contribution in [-0.2, 0) is 11.3 Å². The normalized spacial score (nSPS) is 10.2. The van der Waals surface area contributed by atoms with Crippen LogP contribution in [0, 0.1) is 0 Å². The minimum absolute atomic E-state index is 0.338. The van der Waals surface area contributed by atoms with Gasteiger partial charge in [0.05, 0.1) is 17.1 Å². The molecule has 0 aliphatic carbocycles. The van der Waals surface area contributed by atoms with E-state index in [1.807, 2.05) is 30.1 Å². The first-order valence-corrected chi connectivity index (χ1v) is 8.24. The van der Waals surface area contributed by atoms with E-state index in [1.54, 1.807) is 24.3 Å². The number of benzene rings is 2. The number of aldehydes is 1. The molecule has 0 fully saturated rings. The standard InChI is InChI=1S/C17H19N3O3S/c1-20(11-12-4-2-3-5-14(12)17(18)22)15-10-13(19-23)6-7-16(15)24-9-8-21/h2-8,10,19,23H,9,11H2,1H3,(H2,18,22). The lowest BCUT2D eigenvalue weighted by Crippen LogP contribution is -2.21. The van der Waals surface area contributed by atoms with Crippen LogP contribution in [0.4, 0.5) is 11.4 Å². The highest BCUT2D eigenvalue weighted by atomic mass is 32.2. The van der Waals surface area contributed by atoms with Gasteiger partial charge in [0.1, 0.15) is 6.29 Å². The first-order chi connectivity index (χ1) is 11.6. The third kappa shape index (κ3) is 4.27. The van der Waals surface area contributed by atoms with E-state index >= 15 is 0 Å². The highest BCUT2D eigenvalue weighted by Gasteiger charge is 2.13. The summed E-state index contributed by atoms with van der Waals surface area (Å²) in [6.07, 6.45) is 0.842. The summed E-state index contributed by atoms with van der Waals surface area (Å²) in [7, 11) is 1.87. The van der Waals surface area contributed by atoms with Gasteiger partial charge in [-0.2, -0.15) is 0 Å². The number of hydrogen-bond acceptors (Lipinski definition) is 6. The molecule has 126 valence electrons. The number of anilines is 2. The van der Waals surface area contributed by atoms with Gasteiger partial charge in [0.2, 0.25) is 5.91 Å². The van der Waals surface area contributed by atoms with Gasteiger partial charge >= 0.3 is 0 Å². The molecule has 24 heavy (non-hydrogen) atoms. The van der Waals surface area contributed by atoms with E-state index in [0.717, 1.165) is 22.4 Å². The minimum atomic E-state index is -0.472. The Kier molecular flexibility index (Phi) is 6.22. The molecule has 0 aromatic heterocycles. The highest BCUT2D eigenvalue weighted by molar-refractivity contribution is 8.00. The number of carbonyl (C=O) groups excluding carboxylic acids is 2. The van der Waals surface area contributed by atoms with Crippen molar-refractivity contribution in [2.24, 2.45) is 5.73 Å². The molecule has 0 saturated heterocycles. The first-order valence-electron chi connectivity index (χ1n) is 7.26. The van der Waals surface area contributed by atoms with Crippen LogP contribution in [-0.4, -0.2) is 30.2 Å². The molecule has 0 atom stereocenters. The summed E-state index contributed by atoms with van der Waals surface area (Å²) in [4.78, 5) is 25.1. The van der Waals surface area contributed by atoms with Gasteiger partial charge in [-0.1, -0.05) is 18.2 Å². The second kappa shape index (κ2) is 8.37. The van der Waals surface area contributed by atoms with Crippen molar-refractivity contribution < 1.29 is 14.8 Å². The topological polar surface area (TPSA) is 95.7 Å². The number of rotatable bonds is 8. The van der Waals surface area contributed by atoms with Crippen molar-refractivity contribution in [3.8, 4) is 0 Å². The highest BCUT2D eigenvalue weighted by Crippen LogP contribution is 2.33. The molecule has 2 rings (SSSR count). The van der Waals surface area contributed by atoms with Gasteiger partial charge < -0.3 is 15.4 Å². The Morgan fingerprint density at radius 1 is 1.33 bits per heavy atom. The molecule has 0 unspecified atom stereocenters. The third-order valence-electron chi connectivity index (χ3n) is 3.50. The van der Waals surface area contributed by atoms with Crippen molar-refractivity contribution in [1.82, 2.24) is 0 Å². The summed E-state index contributed by atoms with van der Waals surface area (Å²) in [6, 6.07) is 12.5. The van der Waals surface area contributed by atoms with Crippen LogP contribution in [0.3, 0.4) is 0 Å². The second-order valence-electron chi connectivity index (χ2n) is 5.15. The maximum Gasteiger partial charge on any atom is 0.249 e. The Morgan fingerprint density at radius 3 is 2.75 bits per heavy atom. The van der Waals surface area contributed by atoms with E-state index in [1.165, 1.54) is 11.8 Å². The maximum absolute atomic E-state index is 11.6. The summed E-state index contributed by atoms with van der Waals surface area (Å²) >= 11 is 1.40. The largest absolute Gasteiger partial charge is 0.369 e. The molecule has 2 aromatic rings. The number of nitrogens with zero attached hydrogens (tertiary/aromatic N) is 1. The van der Waals surface area contributed by atoms with Gasteiger partial charge in [0, 0.05) is 24.1 Å². The zero-order valence-electron chi connectivity index (χ0n) is 13.2. The van der Waals surface area contributed by atoms with E-state index in [9.17, 15) is 9.59 Å². The van der Waals surface area contributed by atoms with Gasteiger partial charge in [-0.25, -0.2) is 0 Å². The van der Waals surface area contributed by atoms with Crippen LogP contribution >= 0.6 is 11.8 Å². The molecule has 2 aromatic carbocycles. The lowest BCUT2D eigenvalue weighted by molar-refractivity contribution is -0.105. The van der Waals surface area contributed by atoms with Crippen molar-refractivity contribution in [3.63, 3.8) is 0 Å². The number of hydrogen-bond donors (Lipinski definition) is 3. The van der Waals surface area contributed by atoms with Gasteiger partial charge in [-0.05, 0) is 29.8 Å². The van der Waals surface area contributed by atoms with Gasteiger partial charge in [0.15, 0.2) is 0 Å². The molecular formula is C17H19N3O3S. The minimum Gasteiger partial charge on any atom is -0.369 e. The van der Waals surface area contributed by atoms with Crippen molar-refractivity contribution in [2.45, 2.75) is 11.4 Å².